The molecule has 0 radical (unpaired) electrons. The highest BCUT2D eigenvalue weighted by Crippen LogP contribution is 2.50. The first-order chi connectivity index (χ1) is 13.2. The van der Waals surface area contributed by atoms with Gasteiger partial charge in [0.15, 0.2) is 0 Å². The molecule has 2 bridgehead atoms. The number of azo groups is 1. The van der Waals surface area contributed by atoms with Crippen molar-refractivity contribution >= 4 is 28.9 Å². The van der Waals surface area contributed by atoms with Crippen molar-refractivity contribution in [2.75, 3.05) is 4.90 Å². The van der Waals surface area contributed by atoms with E-state index < -0.39 is 0 Å². The van der Waals surface area contributed by atoms with Crippen LogP contribution in [0.15, 0.2) is 77.0 Å². The van der Waals surface area contributed by atoms with Gasteiger partial charge in [-0.3, -0.25) is 14.5 Å². The molecule has 4 atom stereocenters. The number of hydrogen-bond acceptors (Lipinski definition) is 4. The third kappa shape index (κ3) is 2.62. The summed E-state index contributed by atoms with van der Waals surface area (Å²) in [5.74, 6) is -0.0522. The molecule has 2 aromatic carbocycles. The summed E-state index contributed by atoms with van der Waals surface area (Å²) in [7, 11) is 0. The standard InChI is InChI=1S/C22H19N3O2/c26-21-19-14-6-7-15(9-8-14)20(19)22(27)25(21)18-12-10-17(11-13-18)24-23-16-4-2-1-3-5-16/h1-7,10-15,19-20H,8-9H2/t14-,15+,19-,20-/m0/s1. The maximum atomic E-state index is 13.0. The molecule has 1 heterocycles. The van der Waals surface area contributed by atoms with E-state index in [1.807, 2.05) is 30.3 Å². The van der Waals surface area contributed by atoms with E-state index in [4.69, 9.17) is 0 Å². The number of carbonyl (C=O) groups excluding carboxylic acids is 2. The topological polar surface area (TPSA) is 62.1 Å². The maximum absolute atomic E-state index is 13.0. The molecule has 134 valence electrons. The number of anilines is 1. The first-order valence-corrected chi connectivity index (χ1v) is 9.35. The van der Waals surface area contributed by atoms with Crippen molar-refractivity contribution in [1.82, 2.24) is 0 Å². The Labute approximate surface area is 157 Å². The normalized spacial score (nSPS) is 29.0. The molecule has 27 heavy (non-hydrogen) atoms. The summed E-state index contributed by atoms with van der Waals surface area (Å²) in [6.45, 7) is 0. The van der Waals surface area contributed by atoms with Crippen LogP contribution < -0.4 is 4.90 Å². The van der Waals surface area contributed by atoms with Crippen molar-refractivity contribution in [2.24, 2.45) is 33.9 Å². The highest BCUT2D eigenvalue weighted by molar-refractivity contribution is 6.22. The Balaban J connectivity index is 1.39. The van der Waals surface area contributed by atoms with Crippen LogP contribution in [-0.2, 0) is 9.59 Å². The Morgan fingerprint density at radius 3 is 1.74 bits per heavy atom. The number of allylic oxidation sites excluding steroid dienone is 2. The average Bonchev–Trinajstić information content (AvgIpc) is 3.01. The lowest BCUT2D eigenvalue weighted by atomic mass is 9.63. The number of imide groups is 1. The summed E-state index contributed by atoms with van der Waals surface area (Å²) < 4.78 is 0. The van der Waals surface area contributed by atoms with Gasteiger partial charge < -0.3 is 0 Å². The lowest BCUT2D eigenvalue weighted by molar-refractivity contribution is -0.124. The van der Waals surface area contributed by atoms with Gasteiger partial charge in [0.25, 0.3) is 0 Å². The predicted molar refractivity (Wildman–Crippen MR) is 102 cm³/mol. The van der Waals surface area contributed by atoms with Crippen LogP contribution in [-0.4, -0.2) is 11.8 Å². The fraction of sp³-hybridized carbons (Fsp3) is 0.273. The Hall–Kier alpha value is -3.08. The van der Waals surface area contributed by atoms with E-state index in [1.54, 1.807) is 24.3 Å². The Morgan fingerprint density at radius 2 is 1.22 bits per heavy atom. The largest absolute Gasteiger partial charge is 0.274 e. The Bertz CT molecular complexity index is 917. The summed E-state index contributed by atoms with van der Waals surface area (Å²) in [5, 5.41) is 8.41. The van der Waals surface area contributed by atoms with E-state index in [2.05, 4.69) is 22.4 Å². The van der Waals surface area contributed by atoms with Crippen LogP contribution in [0, 0.1) is 23.7 Å². The fourth-order valence-corrected chi connectivity index (χ4v) is 4.61. The minimum Gasteiger partial charge on any atom is -0.274 e. The van der Waals surface area contributed by atoms with E-state index in [9.17, 15) is 9.59 Å². The van der Waals surface area contributed by atoms with Crippen LogP contribution in [0.5, 0.6) is 0 Å². The third-order valence-electron chi connectivity index (χ3n) is 5.90. The number of carbonyl (C=O) groups is 2. The molecule has 0 spiro atoms. The first kappa shape index (κ1) is 16.1. The molecule has 0 N–H and O–H groups in total. The quantitative estimate of drug-likeness (QED) is 0.450. The minimum atomic E-state index is -0.182. The molecule has 4 aliphatic rings. The molecule has 2 aromatic rings. The molecule has 3 aliphatic carbocycles. The molecular formula is C22H19N3O2. The molecular weight excluding hydrogens is 338 g/mol. The van der Waals surface area contributed by atoms with Gasteiger partial charge >= 0.3 is 0 Å². The van der Waals surface area contributed by atoms with Gasteiger partial charge in [-0.1, -0.05) is 30.4 Å². The van der Waals surface area contributed by atoms with Crippen LogP contribution in [0.2, 0.25) is 0 Å². The van der Waals surface area contributed by atoms with Gasteiger partial charge in [0.05, 0.1) is 28.9 Å². The van der Waals surface area contributed by atoms with Crippen LogP contribution in [0.4, 0.5) is 17.1 Å². The third-order valence-corrected chi connectivity index (χ3v) is 5.90. The zero-order valence-electron chi connectivity index (χ0n) is 14.7. The minimum absolute atomic E-state index is 0.0530. The molecule has 5 heteroatoms. The van der Waals surface area contributed by atoms with Crippen molar-refractivity contribution in [2.45, 2.75) is 12.8 Å². The van der Waals surface area contributed by atoms with Gasteiger partial charge in [-0.05, 0) is 61.1 Å². The number of hydrogen-bond donors (Lipinski definition) is 0. The van der Waals surface area contributed by atoms with E-state index in [-0.39, 0.29) is 35.5 Å². The molecule has 2 fully saturated rings. The molecule has 0 aromatic heterocycles. The van der Waals surface area contributed by atoms with Crippen molar-refractivity contribution in [3.63, 3.8) is 0 Å². The second-order valence-corrected chi connectivity index (χ2v) is 7.41. The lowest BCUT2D eigenvalue weighted by Gasteiger charge is -2.38. The van der Waals surface area contributed by atoms with Crippen LogP contribution in [0.3, 0.4) is 0 Å². The highest BCUT2D eigenvalue weighted by atomic mass is 16.2. The van der Waals surface area contributed by atoms with Gasteiger partial charge in [-0.2, -0.15) is 10.2 Å². The summed E-state index contributed by atoms with van der Waals surface area (Å²) >= 11 is 0. The van der Waals surface area contributed by atoms with E-state index in [1.165, 1.54) is 4.90 Å². The van der Waals surface area contributed by atoms with Crippen molar-refractivity contribution < 1.29 is 9.59 Å². The van der Waals surface area contributed by atoms with Gasteiger partial charge in [0.1, 0.15) is 0 Å². The number of benzene rings is 2. The molecule has 1 saturated heterocycles. The summed E-state index contributed by atoms with van der Waals surface area (Å²) in [6.07, 6.45) is 6.29. The Morgan fingerprint density at radius 1 is 0.704 bits per heavy atom. The van der Waals surface area contributed by atoms with Crippen LogP contribution in [0.1, 0.15) is 12.8 Å². The van der Waals surface area contributed by atoms with E-state index in [0.29, 0.717) is 11.4 Å². The first-order valence-electron chi connectivity index (χ1n) is 9.35. The molecule has 1 aliphatic heterocycles. The number of fused-ring (bicyclic) bond motifs is 1. The zero-order valence-corrected chi connectivity index (χ0v) is 14.7. The number of rotatable bonds is 3. The van der Waals surface area contributed by atoms with Gasteiger partial charge in [-0.25, -0.2) is 0 Å². The second-order valence-electron chi connectivity index (χ2n) is 7.41. The highest BCUT2D eigenvalue weighted by Gasteiger charge is 2.56. The average molecular weight is 357 g/mol. The molecule has 0 unspecified atom stereocenters. The zero-order chi connectivity index (χ0) is 18.4. The van der Waals surface area contributed by atoms with Crippen LogP contribution >= 0.6 is 0 Å². The SMILES string of the molecule is O=C1[C@@H]2[C@@H](C(=O)N1c1ccc(N=Nc3ccccc3)cc1)[C@H]1C=C[C@@H]2CC1. The number of amides is 2. The lowest BCUT2D eigenvalue weighted by Crippen LogP contribution is -2.38. The van der Waals surface area contributed by atoms with Crippen molar-refractivity contribution in [3.05, 3.63) is 66.7 Å². The molecule has 1 saturated carbocycles. The molecule has 5 nitrogen and oxygen atoms in total. The van der Waals surface area contributed by atoms with Gasteiger partial charge in [0, 0.05) is 0 Å². The van der Waals surface area contributed by atoms with E-state index >= 15 is 0 Å². The smallest absolute Gasteiger partial charge is 0.238 e. The monoisotopic (exact) mass is 357 g/mol. The predicted octanol–water partition coefficient (Wildman–Crippen LogP) is 4.80. The van der Waals surface area contributed by atoms with Gasteiger partial charge in [0.2, 0.25) is 11.8 Å². The summed E-state index contributed by atoms with van der Waals surface area (Å²) in [6, 6.07) is 16.6. The van der Waals surface area contributed by atoms with Crippen molar-refractivity contribution in [1.29, 1.82) is 0 Å². The Kier molecular flexibility index (Phi) is 3.74. The van der Waals surface area contributed by atoms with Crippen molar-refractivity contribution in [3.8, 4) is 0 Å². The number of nitrogens with zero attached hydrogens (tertiary/aromatic N) is 3. The fourth-order valence-electron chi connectivity index (χ4n) is 4.61. The van der Waals surface area contributed by atoms with Crippen LogP contribution in [0.25, 0.3) is 0 Å². The second kappa shape index (κ2) is 6.27. The summed E-state index contributed by atoms with van der Waals surface area (Å²) in [4.78, 5) is 27.3. The molecule has 6 rings (SSSR count). The van der Waals surface area contributed by atoms with E-state index in [0.717, 1.165) is 18.5 Å². The van der Waals surface area contributed by atoms with Gasteiger partial charge in [-0.15, -0.1) is 0 Å². The molecule has 2 amide bonds. The maximum Gasteiger partial charge on any atom is 0.238 e. The summed E-state index contributed by atoms with van der Waals surface area (Å²) in [5.41, 5.74) is 2.08.